The summed E-state index contributed by atoms with van der Waals surface area (Å²) in [4.78, 5) is 2.99. The third-order valence-corrected chi connectivity index (χ3v) is 6.08. The molecule has 2 fully saturated rings. The Morgan fingerprint density at radius 2 is 1.79 bits per heavy atom. The van der Waals surface area contributed by atoms with Crippen LogP contribution >= 0.6 is 0 Å². The topological polar surface area (TPSA) is 106 Å². The molecule has 2 aliphatic heterocycles. The molecular formula is C18H19N4O2+. The van der Waals surface area contributed by atoms with Gasteiger partial charge in [0.2, 0.25) is 0 Å². The van der Waals surface area contributed by atoms with Gasteiger partial charge in [0.15, 0.2) is 10.8 Å². The molecule has 1 aromatic carbocycles. The molecular weight excluding hydrogens is 304 g/mol. The van der Waals surface area contributed by atoms with Gasteiger partial charge in [-0.2, -0.15) is 10.5 Å². The molecule has 1 saturated carbocycles. The Morgan fingerprint density at radius 3 is 2.29 bits per heavy atom. The Kier molecular flexibility index (Phi) is 2.75. The highest BCUT2D eigenvalue weighted by Crippen LogP contribution is 2.83. The number of rotatable bonds is 2. The number of nitrogens with zero attached hydrogens (tertiary/aromatic N) is 2. The van der Waals surface area contributed by atoms with Crippen LogP contribution in [-0.4, -0.2) is 25.0 Å². The van der Waals surface area contributed by atoms with Gasteiger partial charge in [-0.3, -0.25) is 5.73 Å². The second-order valence-electron chi connectivity index (χ2n) is 6.70. The first-order chi connectivity index (χ1) is 11.5. The summed E-state index contributed by atoms with van der Waals surface area (Å²) in [5.74, 6) is -1.10. The van der Waals surface area contributed by atoms with Gasteiger partial charge in [0.25, 0.3) is 5.84 Å². The summed E-state index contributed by atoms with van der Waals surface area (Å²) in [5, 5.41) is 20.3. The van der Waals surface area contributed by atoms with Crippen molar-refractivity contribution in [1.29, 1.82) is 10.5 Å². The van der Waals surface area contributed by atoms with Crippen LogP contribution in [0.2, 0.25) is 0 Å². The van der Waals surface area contributed by atoms with Gasteiger partial charge in [0.1, 0.15) is 0 Å². The average Bonchev–Trinajstić information content (AvgIpc) is 2.81. The lowest BCUT2D eigenvalue weighted by Crippen LogP contribution is -2.90. The lowest BCUT2D eigenvalue weighted by Gasteiger charge is -2.29. The van der Waals surface area contributed by atoms with E-state index in [0.717, 1.165) is 11.1 Å². The monoisotopic (exact) mass is 323 g/mol. The number of benzene rings is 1. The zero-order chi connectivity index (χ0) is 17.2. The Morgan fingerprint density at radius 1 is 1.17 bits per heavy atom. The van der Waals surface area contributed by atoms with Crippen LogP contribution in [-0.2, 0) is 14.9 Å². The summed E-state index contributed by atoms with van der Waals surface area (Å²) in [6, 6.07) is 12.7. The zero-order valence-electron chi connectivity index (χ0n) is 13.7. The molecule has 122 valence electrons. The van der Waals surface area contributed by atoms with Crippen molar-refractivity contribution < 1.29 is 14.5 Å². The number of fused-ring (bicyclic) bond motifs is 2. The van der Waals surface area contributed by atoms with Gasteiger partial charge in [0, 0.05) is 0 Å². The number of hydrogen-bond donors (Lipinski definition) is 2. The van der Waals surface area contributed by atoms with Gasteiger partial charge in [-0.1, -0.05) is 36.8 Å². The van der Waals surface area contributed by atoms with E-state index in [9.17, 15) is 10.5 Å². The lowest BCUT2D eigenvalue weighted by atomic mass is 9.80. The Balaban J connectivity index is 2.03. The number of ether oxygens (including phenoxy) is 2. The van der Waals surface area contributed by atoms with Crippen molar-refractivity contribution in [3.8, 4) is 12.1 Å². The van der Waals surface area contributed by atoms with E-state index < -0.39 is 22.2 Å². The van der Waals surface area contributed by atoms with E-state index in [4.69, 9.17) is 15.2 Å². The zero-order valence-corrected chi connectivity index (χ0v) is 13.7. The van der Waals surface area contributed by atoms with E-state index in [2.05, 4.69) is 17.1 Å². The van der Waals surface area contributed by atoms with Crippen LogP contribution in [0.15, 0.2) is 24.3 Å². The van der Waals surface area contributed by atoms with Gasteiger partial charge in [-0.25, -0.2) is 4.99 Å². The third kappa shape index (κ3) is 1.15. The van der Waals surface area contributed by atoms with Crippen LogP contribution in [0.1, 0.15) is 24.5 Å². The maximum Gasteiger partial charge on any atom is 0.343 e. The first-order valence-electron chi connectivity index (χ1n) is 8.10. The fourth-order valence-electron chi connectivity index (χ4n) is 5.15. The summed E-state index contributed by atoms with van der Waals surface area (Å²) in [6.45, 7) is 4.70. The summed E-state index contributed by atoms with van der Waals surface area (Å²) >= 11 is 0. The first kappa shape index (κ1) is 15.1. The van der Waals surface area contributed by atoms with Crippen LogP contribution in [0.3, 0.4) is 0 Å². The van der Waals surface area contributed by atoms with Crippen LogP contribution in [0, 0.1) is 40.4 Å². The van der Waals surface area contributed by atoms with Gasteiger partial charge in [0.05, 0.1) is 30.8 Å². The van der Waals surface area contributed by atoms with Crippen molar-refractivity contribution in [2.75, 3.05) is 13.2 Å². The third-order valence-electron chi connectivity index (χ3n) is 6.08. The molecule has 6 heteroatoms. The molecule has 4 rings (SSSR count). The largest absolute Gasteiger partial charge is 0.343 e. The highest BCUT2D eigenvalue weighted by Gasteiger charge is 3.04. The van der Waals surface area contributed by atoms with Crippen molar-refractivity contribution in [3.63, 3.8) is 0 Å². The molecule has 1 aliphatic carbocycles. The smallest absolute Gasteiger partial charge is 0.311 e. The molecule has 0 bridgehead atoms. The Labute approximate surface area is 140 Å². The SMILES string of the molecule is CC[C@]1(c2ccc(C)cc2)[C@]2(C#N)C(N)=[NH+]C3(OCCO3)[C@@]21C#N. The molecule has 3 N–H and O–H groups in total. The number of hydrogen-bond acceptors (Lipinski definition) is 5. The summed E-state index contributed by atoms with van der Waals surface area (Å²) < 4.78 is 11.7. The summed E-state index contributed by atoms with van der Waals surface area (Å²) in [6.07, 6.45) is 0.577. The molecule has 0 aromatic heterocycles. The molecule has 1 saturated heterocycles. The van der Waals surface area contributed by atoms with Crippen LogP contribution < -0.4 is 10.7 Å². The van der Waals surface area contributed by atoms with Gasteiger partial charge in [-0.05, 0) is 18.9 Å². The van der Waals surface area contributed by atoms with Crippen molar-refractivity contribution in [3.05, 3.63) is 35.4 Å². The molecule has 1 aromatic rings. The standard InChI is InChI=1S/C18H18N4O2/c1-3-15(13-6-4-12(2)5-7-13)16(10-19)14(21)22-18(17(15,16)11-20)23-8-9-24-18/h4-7H,3,8-9H2,1-2H3,(H2,21,22)/p+1/t15-,16-,17+/m0/s1. The molecule has 24 heavy (non-hydrogen) atoms. The second kappa shape index (κ2) is 4.36. The van der Waals surface area contributed by atoms with Crippen molar-refractivity contribution in [1.82, 2.24) is 0 Å². The van der Waals surface area contributed by atoms with Crippen LogP contribution in [0.5, 0.6) is 0 Å². The molecule has 0 amide bonds. The lowest BCUT2D eigenvalue weighted by molar-refractivity contribution is -0.677. The molecule has 6 nitrogen and oxygen atoms in total. The maximum absolute atomic E-state index is 10.2. The minimum absolute atomic E-state index is 0.260. The Bertz CT molecular complexity index is 828. The number of nitrogens with two attached hydrogens (primary N) is 1. The molecule has 0 unspecified atom stereocenters. The molecule has 0 radical (unpaired) electrons. The van der Waals surface area contributed by atoms with Crippen LogP contribution in [0.25, 0.3) is 0 Å². The second-order valence-corrected chi connectivity index (χ2v) is 6.70. The van der Waals surface area contributed by atoms with Crippen LogP contribution in [0.4, 0.5) is 0 Å². The van der Waals surface area contributed by atoms with E-state index >= 15 is 0 Å². The minimum Gasteiger partial charge on any atom is -0.311 e. The van der Waals surface area contributed by atoms with Crippen molar-refractivity contribution in [2.24, 2.45) is 16.6 Å². The normalized spacial score (nSPS) is 38.2. The van der Waals surface area contributed by atoms with Crippen molar-refractivity contribution in [2.45, 2.75) is 31.6 Å². The van der Waals surface area contributed by atoms with Gasteiger partial charge in [-0.15, -0.1) is 0 Å². The predicted molar refractivity (Wildman–Crippen MR) is 84.0 cm³/mol. The molecule has 3 aliphatic rings. The highest BCUT2D eigenvalue weighted by atomic mass is 16.8. The van der Waals surface area contributed by atoms with E-state index in [1.54, 1.807) is 0 Å². The van der Waals surface area contributed by atoms with E-state index in [1.807, 2.05) is 38.1 Å². The number of amidine groups is 1. The number of aryl methyl sites for hydroxylation is 1. The molecule has 3 atom stereocenters. The first-order valence-corrected chi connectivity index (χ1v) is 8.10. The number of nitrogens with one attached hydrogen (secondary N) is 1. The predicted octanol–water partition coefficient (Wildman–Crippen LogP) is -0.172. The average molecular weight is 323 g/mol. The van der Waals surface area contributed by atoms with E-state index in [1.165, 1.54) is 0 Å². The maximum atomic E-state index is 10.2. The Hall–Kier alpha value is -2.41. The van der Waals surface area contributed by atoms with Crippen molar-refractivity contribution >= 4 is 5.84 Å². The fourth-order valence-corrected chi connectivity index (χ4v) is 5.15. The summed E-state index contributed by atoms with van der Waals surface area (Å²) in [7, 11) is 0. The highest BCUT2D eigenvalue weighted by molar-refractivity contribution is 5.97. The van der Waals surface area contributed by atoms with Gasteiger partial charge >= 0.3 is 5.91 Å². The van der Waals surface area contributed by atoms with E-state index in [0.29, 0.717) is 19.6 Å². The minimum atomic E-state index is -1.36. The fraction of sp³-hybridized carbons (Fsp3) is 0.500. The molecule has 2 heterocycles. The van der Waals surface area contributed by atoms with Gasteiger partial charge < -0.3 is 9.47 Å². The summed E-state index contributed by atoms with van der Waals surface area (Å²) in [5.41, 5.74) is 5.15. The molecule has 1 spiro atoms. The van der Waals surface area contributed by atoms with E-state index in [-0.39, 0.29) is 5.84 Å². The quantitative estimate of drug-likeness (QED) is 0.786. The number of nitriles is 2.